The first-order chi connectivity index (χ1) is 14.3. The molecule has 3 rings (SSSR count). The topological polar surface area (TPSA) is 3.24 Å². The maximum absolute atomic E-state index is 3.37. The van der Waals surface area contributed by atoms with Gasteiger partial charge in [0.15, 0.2) is 0 Å². The Hall–Kier alpha value is -3.24. The number of benzene rings is 3. The molecule has 3 aromatic carbocycles. The molecule has 0 spiro atoms. The summed E-state index contributed by atoms with van der Waals surface area (Å²) in [6.45, 7) is 6.43. The Balaban J connectivity index is 2.06. The van der Waals surface area contributed by atoms with Gasteiger partial charge >= 0.3 is 0 Å². The third-order valence-electron chi connectivity index (χ3n) is 4.81. The van der Waals surface area contributed by atoms with Gasteiger partial charge in [-0.3, -0.25) is 0 Å². The molecule has 1 nitrogen and oxygen atoms in total. The molecule has 0 saturated heterocycles. The summed E-state index contributed by atoms with van der Waals surface area (Å²) < 4.78 is 0. The zero-order valence-electron chi connectivity index (χ0n) is 18.7. The quantitative estimate of drug-likeness (QED) is 0.335. The van der Waals surface area contributed by atoms with Crippen molar-refractivity contribution in [2.24, 2.45) is 5.41 Å². The molecule has 0 heterocycles. The largest absolute Gasteiger partial charge is 0.377 e. The second-order valence-corrected chi connectivity index (χ2v) is 8.86. The summed E-state index contributed by atoms with van der Waals surface area (Å²) >= 11 is 0. The Morgan fingerprint density at radius 1 is 0.867 bits per heavy atom. The predicted molar refractivity (Wildman–Crippen MR) is 132 cm³/mol. The van der Waals surface area contributed by atoms with Crippen molar-refractivity contribution in [1.82, 2.24) is 0 Å². The van der Waals surface area contributed by atoms with Crippen molar-refractivity contribution in [3.63, 3.8) is 0 Å². The van der Waals surface area contributed by atoms with E-state index in [0.29, 0.717) is 0 Å². The van der Waals surface area contributed by atoms with Gasteiger partial charge in [-0.15, -0.1) is 0 Å². The Kier molecular flexibility index (Phi) is 6.80. The van der Waals surface area contributed by atoms with E-state index in [1.165, 1.54) is 28.0 Å². The van der Waals surface area contributed by atoms with Gasteiger partial charge in [0.25, 0.3) is 0 Å². The lowest BCUT2D eigenvalue weighted by atomic mass is 9.93. The van der Waals surface area contributed by atoms with Gasteiger partial charge in [-0.1, -0.05) is 78.6 Å². The molecule has 0 amide bonds. The molecule has 0 unspecified atom stereocenters. The summed E-state index contributed by atoms with van der Waals surface area (Å²) in [5, 5.41) is 0. The summed E-state index contributed by atoms with van der Waals surface area (Å²) in [6, 6.07) is 27.7. The molecular weight excluding hydrogens is 362 g/mol. The Labute approximate surface area is 182 Å². The van der Waals surface area contributed by atoms with Crippen molar-refractivity contribution in [3.05, 3.63) is 101 Å². The van der Waals surface area contributed by atoms with E-state index in [-0.39, 0.29) is 5.41 Å². The third kappa shape index (κ3) is 6.13. The summed E-state index contributed by atoms with van der Waals surface area (Å²) in [6.07, 6.45) is 3.14. The van der Waals surface area contributed by atoms with E-state index >= 15 is 0 Å². The number of hydrogen-bond donors (Lipinski definition) is 0. The standard InChI is InChI=1S/C29H31N/c1-29(2,3)19-18-24-16-17-28(30(4)5)27(21-24)22-26(25-14-10-7-11-15-25)20-23-12-8-6-9-13-23/h6-17,20-21H,22H2,1-5H3/b26-20-. The Morgan fingerprint density at radius 2 is 1.50 bits per heavy atom. The van der Waals surface area contributed by atoms with E-state index in [9.17, 15) is 0 Å². The van der Waals surface area contributed by atoms with E-state index in [1.54, 1.807) is 0 Å². The second kappa shape index (κ2) is 9.51. The summed E-state index contributed by atoms with van der Waals surface area (Å²) in [5.74, 6) is 6.73. The first-order valence-corrected chi connectivity index (χ1v) is 10.5. The maximum Gasteiger partial charge on any atom is 0.0397 e. The van der Waals surface area contributed by atoms with Gasteiger partial charge in [0.2, 0.25) is 0 Å². The van der Waals surface area contributed by atoms with Crippen molar-refractivity contribution in [2.45, 2.75) is 27.2 Å². The van der Waals surface area contributed by atoms with Crippen LogP contribution in [0.15, 0.2) is 78.9 Å². The molecule has 0 radical (unpaired) electrons. The van der Waals surface area contributed by atoms with Crippen LogP contribution in [0.1, 0.15) is 43.0 Å². The fraction of sp³-hybridized carbons (Fsp3) is 0.241. The highest BCUT2D eigenvalue weighted by Crippen LogP contribution is 2.29. The molecule has 0 aromatic heterocycles. The van der Waals surface area contributed by atoms with Crippen LogP contribution in [-0.4, -0.2) is 14.1 Å². The maximum atomic E-state index is 3.37. The molecule has 0 atom stereocenters. The summed E-state index contributed by atoms with van der Waals surface area (Å²) in [7, 11) is 4.20. The monoisotopic (exact) mass is 393 g/mol. The number of nitrogens with zero attached hydrogens (tertiary/aromatic N) is 1. The van der Waals surface area contributed by atoms with Crippen molar-refractivity contribution in [3.8, 4) is 11.8 Å². The molecule has 0 fully saturated rings. The predicted octanol–water partition coefficient (Wildman–Crippen LogP) is 6.93. The molecule has 0 N–H and O–H groups in total. The van der Waals surface area contributed by atoms with Gasteiger partial charge in [0, 0.05) is 37.2 Å². The van der Waals surface area contributed by atoms with E-state index in [4.69, 9.17) is 0 Å². The van der Waals surface area contributed by atoms with E-state index in [1.807, 2.05) is 0 Å². The van der Waals surface area contributed by atoms with Crippen LogP contribution in [-0.2, 0) is 6.42 Å². The van der Waals surface area contributed by atoms with Crippen LogP contribution in [0.2, 0.25) is 0 Å². The molecule has 0 aliphatic carbocycles. The highest BCUT2D eigenvalue weighted by Gasteiger charge is 2.11. The molecule has 152 valence electrons. The van der Waals surface area contributed by atoms with Crippen LogP contribution in [0.4, 0.5) is 5.69 Å². The lowest BCUT2D eigenvalue weighted by Crippen LogP contribution is -2.12. The highest BCUT2D eigenvalue weighted by molar-refractivity contribution is 5.83. The molecule has 0 aliphatic rings. The highest BCUT2D eigenvalue weighted by atomic mass is 15.1. The molecule has 0 saturated carbocycles. The van der Waals surface area contributed by atoms with Crippen LogP contribution in [0.3, 0.4) is 0 Å². The summed E-state index contributed by atoms with van der Waals surface area (Å²) in [4.78, 5) is 2.18. The van der Waals surface area contributed by atoms with Gasteiger partial charge in [0.1, 0.15) is 0 Å². The van der Waals surface area contributed by atoms with Crippen molar-refractivity contribution < 1.29 is 0 Å². The number of hydrogen-bond acceptors (Lipinski definition) is 1. The minimum atomic E-state index is -0.0111. The van der Waals surface area contributed by atoms with Crippen molar-refractivity contribution >= 4 is 17.3 Å². The fourth-order valence-corrected chi connectivity index (χ4v) is 3.35. The average molecular weight is 394 g/mol. The SMILES string of the molecule is CN(C)c1ccc(C#CC(C)(C)C)cc1C/C(=C/c1ccccc1)c1ccccc1. The van der Waals surface area contributed by atoms with Crippen molar-refractivity contribution in [2.75, 3.05) is 19.0 Å². The zero-order chi connectivity index (χ0) is 21.6. The molecule has 1 heteroatoms. The van der Waals surface area contributed by atoms with Crippen LogP contribution in [0, 0.1) is 17.3 Å². The van der Waals surface area contributed by atoms with Gasteiger partial charge < -0.3 is 4.90 Å². The zero-order valence-corrected chi connectivity index (χ0v) is 18.7. The van der Waals surface area contributed by atoms with E-state index < -0.39 is 0 Å². The summed E-state index contributed by atoms with van der Waals surface area (Å²) in [5.41, 5.74) is 7.33. The van der Waals surface area contributed by atoms with Crippen LogP contribution in [0.5, 0.6) is 0 Å². The van der Waals surface area contributed by atoms with Gasteiger partial charge in [0.05, 0.1) is 0 Å². The molecule has 0 bridgehead atoms. The first kappa shape index (κ1) is 21.5. The number of anilines is 1. The molecule has 30 heavy (non-hydrogen) atoms. The van der Waals surface area contributed by atoms with Crippen molar-refractivity contribution in [1.29, 1.82) is 0 Å². The van der Waals surface area contributed by atoms with Crippen LogP contribution in [0.25, 0.3) is 11.6 Å². The van der Waals surface area contributed by atoms with Gasteiger partial charge in [-0.05, 0) is 61.2 Å². The minimum absolute atomic E-state index is 0.0111. The average Bonchev–Trinajstić information content (AvgIpc) is 2.72. The second-order valence-electron chi connectivity index (χ2n) is 8.86. The minimum Gasteiger partial charge on any atom is -0.377 e. The third-order valence-corrected chi connectivity index (χ3v) is 4.81. The first-order valence-electron chi connectivity index (χ1n) is 10.5. The smallest absolute Gasteiger partial charge is 0.0397 e. The normalized spacial score (nSPS) is 11.6. The number of allylic oxidation sites excluding steroid dienone is 1. The van der Waals surface area contributed by atoms with Crippen LogP contribution < -0.4 is 4.90 Å². The molecule has 0 aliphatic heterocycles. The Morgan fingerprint density at radius 3 is 2.10 bits per heavy atom. The fourth-order valence-electron chi connectivity index (χ4n) is 3.35. The van der Waals surface area contributed by atoms with Gasteiger partial charge in [-0.2, -0.15) is 0 Å². The molecule has 3 aromatic rings. The van der Waals surface area contributed by atoms with E-state index in [2.05, 4.69) is 137 Å². The van der Waals surface area contributed by atoms with Crippen LogP contribution >= 0.6 is 0 Å². The Bertz CT molecular complexity index is 1060. The van der Waals surface area contributed by atoms with E-state index in [0.717, 1.165) is 12.0 Å². The van der Waals surface area contributed by atoms with Gasteiger partial charge in [-0.25, -0.2) is 0 Å². The number of rotatable bonds is 5. The molecular formula is C29H31N. The lowest BCUT2D eigenvalue weighted by Gasteiger charge is -2.19. The lowest BCUT2D eigenvalue weighted by molar-refractivity contribution is 0.571.